The van der Waals surface area contributed by atoms with Crippen molar-refractivity contribution in [3.05, 3.63) is 12.7 Å². The Morgan fingerprint density at radius 2 is 1.46 bits per heavy atom. The van der Waals surface area contributed by atoms with Crippen molar-refractivity contribution in [3.63, 3.8) is 0 Å². The van der Waals surface area contributed by atoms with E-state index in [0.717, 1.165) is 38.5 Å². The molecule has 3 N–H and O–H groups in total. The van der Waals surface area contributed by atoms with E-state index in [9.17, 15) is 9.46 Å². The fourth-order valence-corrected chi connectivity index (χ4v) is 5.55. The number of fused-ring (bicyclic) bond motifs is 1. The molecule has 9 nitrogen and oxygen atoms in total. The molecule has 0 radical (unpaired) electrons. The summed E-state index contributed by atoms with van der Waals surface area (Å²) in [6, 6.07) is 0. The number of nitrogen functional groups attached to an aromatic ring is 1. The van der Waals surface area contributed by atoms with E-state index >= 15 is 0 Å². The highest BCUT2D eigenvalue weighted by atomic mass is 31.2. The number of rotatable bonds is 25. The number of hydrogen-bond acceptors (Lipinski definition) is 7. The molecule has 224 valence electrons. The maximum Gasteiger partial charge on any atom is 0.353 e. The van der Waals surface area contributed by atoms with Crippen molar-refractivity contribution in [2.24, 2.45) is 0 Å². The normalized spacial score (nSPS) is 16.7. The SMILES string of the molecule is [2H]C([2H])([2H])C([2H])([2H])CCCCCCCCCCCCCCCCCCOP(=O)(O)CO[C@H](C)Cn1cnc2c(N)ncnc21. The molecule has 0 bridgehead atoms. The third-order valence-electron chi connectivity index (χ3n) is 6.89. The van der Waals surface area contributed by atoms with Crippen molar-refractivity contribution >= 4 is 24.6 Å². The summed E-state index contributed by atoms with van der Waals surface area (Å²) in [4.78, 5) is 22.4. The van der Waals surface area contributed by atoms with Crippen molar-refractivity contribution < 1.29 is 25.6 Å². The molecule has 0 spiro atoms. The zero-order chi connectivity index (χ0) is 32.5. The standard InChI is InChI=1S/C29H54N5O4P/c1-3-4-5-6-7-8-9-10-11-12-13-14-15-16-17-18-19-20-21-38-39(35,36)25-37-26(2)22-34-24-33-27-28(30)31-23-32-29(27)34/h23-24,26H,3-22,25H2,1-2H3,(H,35,36)(H2,30,31,32)/t26-/m1/s1/i1D3,3D2. The van der Waals surface area contributed by atoms with Gasteiger partial charge in [0.25, 0.3) is 0 Å². The first-order chi connectivity index (χ1) is 20.8. The summed E-state index contributed by atoms with van der Waals surface area (Å²) in [6.07, 6.45) is 18.0. The summed E-state index contributed by atoms with van der Waals surface area (Å²) in [6.45, 7) is -0.0730. The van der Waals surface area contributed by atoms with Crippen LogP contribution in [0.25, 0.3) is 11.2 Å². The van der Waals surface area contributed by atoms with E-state index in [1.807, 2.05) is 6.92 Å². The summed E-state index contributed by atoms with van der Waals surface area (Å²) in [7, 11) is -3.82. The molecule has 0 aliphatic rings. The van der Waals surface area contributed by atoms with Gasteiger partial charge in [0.2, 0.25) is 0 Å². The second-order valence-corrected chi connectivity index (χ2v) is 12.3. The van der Waals surface area contributed by atoms with Crippen LogP contribution in [0.15, 0.2) is 12.7 Å². The topological polar surface area (TPSA) is 125 Å². The van der Waals surface area contributed by atoms with Crippen molar-refractivity contribution in [1.82, 2.24) is 19.5 Å². The minimum absolute atomic E-state index is 0.113. The molecule has 0 aliphatic carbocycles. The Morgan fingerprint density at radius 1 is 0.923 bits per heavy atom. The number of ether oxygens (including phenoxy) is 1. The van der Waals surface area contributed by atoms with Crippen LogP contribution in [0, 0.1) is 0 Å². The monoisotopic (exact) mass is 572 g/mol. The lowest BCUT2D eigenvalue weighted by Gasteiger charge is -2.17. The van der Waals surface area contributed by atoms with E-state index in [2.05, 4.69) is 15.0 Å². The zero-order valence-electron chi connectivity index (χ0n) is 28.9. The first-order valence-electron chi connectivity index (χ1n) is 17.3. The molecular formula is C29H54N5O4P. The van der Waals surface area contributed by atoms with E-state index in [4.69, 9.17) is 21.8 Å². The van der Waals surface area contributed by atoms with Crippen LogP contribution in [0.1, 0.15) is 136 Å². The Bertz CT molecular complexity index is 1120. The molecule has 0 amide bonds. The van der Waals surface area contributed by atoms with Gasteiger partial charge in [-0.3, -0.25) is 4.57 Å². The molecule has 2 aromatic rings. The molecule has 2 heterocycles. The quantitative estimate of drug-likeness (QED) is 0.0905. The molecule has 2 atom stereocenters. The summed E-state index contributed by atoms with van der Waals surface area (Å²) in [5.41, 5.74) is 6.91. The van der Waals surface area contributed by atoms with Crippen molar-refractivity contribution in [1.29, 1.82) is 0 Å². The van der Waals surface area contributed by atoms with Gasteiger partial charge in [0.1, 0.15) is 18.2 Å². The smallest absolute Gasteiger partial charge is 0.353 e. The molecule has 39 heavy (non-hydrogen) atoms. The van der Waals surface area contributed by atoms with Crippen molar-refractivity contribution in [3.8, 4) is 0 Å². The van der Waals surface area contributed by atoms with Gasteiger partial charge in [0.15, 0.2) is 11.5 Å². The fraction of sp³-hybridized carbons (Fsp3) is 0.828. The molecule has 0 aromatic carbocycles. The number of nitrogens with zero attached hydrogens (tertiary/aromatic N) is 4. The lowest BCUT2D eigenvalue weighted by molar-refractivity contribution is 0.0715. The Balaban J connectivity index is 1.35. The van der Waals surface area contributed by atoms with Crippen LogP contribution in [0.5, 0.6) is 0 Å². The molecular weight excluding hydrogens is 513 g/mol. The minimum Gasteiger partial charge on any atom is -0.382 e. The molecule has 1 unspecified atom stereocenters. The third-order valence-corrected chi connectivity index (χ3v) is 7.96. The maximum absolute atomic E-state index is 12.3. The van der Waals surface area contributed by atoms with Crippen LogP contribution in [0.4, 0.5) is 5.82 Å². The summed E-state index contributed by atoms with van der Waals surface area (Å²) in [5.74, 6) is 0.303. The van der Waals surface area contributed by atoms with Crippen LogP contribution in [-0.4, -0.2) is 43.5 Å². The van der Waals surface area contributed by atoms with Gasteiger partial charge in [-0.1, -0.05) is 116 Å². The maximum atomic E-state index is 12.3. The second-order valence-electron chi connectivity index (χ2n) is 10.5. The molecule has 2 rings (SSSR count). The van der Waals surface area contributed by atoms with E-state index in [0.29, 0.717) is 29.9 Å². The predicted molar refractivity (Wildman–Crippen MR) is 160 cm³/mol. The van der Waals surface area contributed by atoms with Gasteiger partial charge in [0.05, 0.1) is 25.6 Å². The first kappa shape index (κ1) is 26.4. The fourth-order valence-electron chi connectivity index (χ4n) is 4.62. The van der Waals surface area contributed by atoms with Crippen LogP contribution in [0.2, 0.25) is 0 Å². The highest BCUT2D eigenvalue weighted by molar-refractivity contribution is 7.52. The highest BCUT2D eigenvalue weighted by Gasteiger charge is 2.21. The number of aromatic nitrogens is 4. The molecule has 0 saturated carbocycles. The van der Waals surface area contributed by atoms with Crippen LogP contribution >= 0.6 is 7.60 Å². The van der Waals surface area contributed by atoms with Gasteiger partial charge in [-0.15, -0.1) is 0 Å². The van der Waals surface area contributed by atoms with Gasteiger partial charge < -0.3 is 24.5 Å². The first-order valence-corrected chi connectivity index (χ1v) is 16.6. The summed E-state index contributed by atoms with van der Waals surface area (Å²) < 4.78 is 61.9. The van der Waals surface area contributed by atoms with Gasteiger partial charge in [-0.2, -0.15) is 0 Å². The highest BCUT2D eigenvalue weighted by Crippen LogP contribution is 2.42. The summed E-state index contributed by atoms with van der Waals surface area (Å²) in [5, 5.41) is 0. The average molecular weight is 573 g/mol. The zero-order valence-corrected chi connectivity index (χ0v) is 24.8. The van der Waals surface area contributed by atoms with Crippen LogP contribution in [0.3, 0.4) is 0 Å². The summed E-state index contributed by atoms with van der Waals surface area (Å²) >= 11 is 0. The van der Waals surface area contributed by atoms with Gasteiger partial charge >= 0.3 is 7.60 Å². The van der Waals surface area contributed by atoms with Crippen LogP contribution in [-0.2, 0) is 20.4 Å². The van der Waals surface area contributed by atoms with E-state index in [-0.39, 0.29) is 25.5 Å². The Morgan fingerprint density at radius 3 is 2.03 bits per heavy atom. The Hall–Kier alpha value is -1.54. The Kier molecular flexibility index (Phi) is 13.8. The number of nitrogens with two attached hydrogens (primary N) is 1. The number of imidazole rings is 1. The molecule has 10 heteroatoms. The number of anilines is 1. The molecule has 0 fully saturated rings. The predicted octanol–water partition coefficient (Wildman–Crippen LogP) is 8.01. The molecule has 0 aliphatic heterocycles. The van der Waals surface area contributed by atoms with Crippen molar-refractivity contribution in [2.75, 3.05) is 18.7 Å². The molecule has 2 aromatic heterocycles. The Labute approximate surface area is 243 Å². The van der Waals surface area contributed by atoms with E-state index < -0.39 is 20.8 Å². The minimum atomic E-state index is -3.82. The van der Waals surface area contributed by atoms with E-state index in [1.165, 1.54) is 64.1 Å². The third kappa shape index (κ3) is 15.1. The van der Waals surface area contributed by atoms with E-state index in [1.54, 1.807) is 10.9 Å². The number of hydrogen-bond donors (Lipinski definition) is 2. The lowest BCUT2D eigenvalue weighted by atomic mass is 10.0. The molecule has 0 saturated heterocycles. The van der Waals surface area contributed by atoms with Crippen LogP contribution < -0.4 is 5.73 Å². The van der Waals surface area contributed by atoms with Gasteiger partial charge in [-0.25, -0.2) is 15.0 Å². The van der Waals surface area contributed by atoms with Gasteiger partial charge in [-0.05, 0) is 13.3 Å². The average Bonchev–Trinajstić information content (AvgIpc) is 3.36. The van der Waals surface area contributed by atoms with Gasteiger partial charge in [0, 0.05) is 6.85 Å². The van der Waals surface area contributed by atoms with Crippen molar-refractivity contribution in [2.45, 2.75) is 142 Å². The largest absolute Gasteiger partial charge is 0.382 e. The lowest BCUT2D eigenvalue weighted by Crippen LogP contribution is -2.17. The number of unbranched alkanes of at least 4 members (excludes halogenated alkanes) is 15. The second kappa shape index (κ2) is 20.4.